The third-order valence-electron chi connectivity index (χ3n) is 5.87. The van der Waals surface area contributed by atoms with Crippen molar-refractivity contribution in [2.45, 2.75) is 78.5 Å². The topological polar surface area (TPSA) is 61.8 Å². The highest BCUT2D eigenvalue weighted by Gasteiger charge is 2.44. The second-order valence-corrected chi connectivity index (χ2v) is 16.1. The lowest BCUT2D eigenvalue weighted by molar-refractivity contribution is -0.137. The second kappa shape index (κ2) is 11.9. The average molecular weight is 633 g/mol. The quantitative estimate of drug-likeness (QED) is 0.194. The Morgan fingerprint density at radius 2 is 0.953 bits per heavy atom. The third-order valence-corrected chi connectivity index (χ3v) is 11.1. The van der Waals surface area contributed by atoms with Crippen LogP contribution in [0.15, 0.2) is 123 Å². The highest BCUT2D eigenvalue weighted by molar-refractivity contribution is 8.33. The zero-order valence-corrected chi connectivity index (χ0v) is 26.4. The SMILES string of the molecule is CC(C)(C)Oc1cccc(OC(C)(C)C)c1S(OS(=O)(=O)c1ccc(C(F)(F)F)cc1)(c1ccccc1)c1ccccc1. The molecule has 0 aliphatic carbocycles. The normalized spacial score (nSPS) is 13.4. The van der Waals surface area contributed by atoms with Crippen molar-refractivity contribution >= 4 is 20.4 Å². The molecule has 4 aromatic rings. The summed E-state index contributed by atoms with van der Waals surface area (Å²) in [6.07, 6.45) is -4.63. The van der Waals surface area contributed by atoms with E-state index in [1.54, 1.807) is 78.9 Å². The maximum Gasteiger partial charge on any atom is 0.416 e. The Labute approximate surface area is 253 Å². The summed E-state index contributed by atoms with van der Waals surface area (Å²) in [7, 11) is -7.93. The third kappa shape index (κ3) is 7.55. The number of halogens is 3. The van der Waals surface area contributed by atoms with Crippen molar-refractivity contribution in [2.24, 2.45) is 0 Å². The van der Waals surface area contributed by atoms with E-state index in [2.05, 4.69) is 0 Å². The van der Waals surface area contributed by atoms with Gasteiger partial charge in [0.05, 0.1) is 10.5 Å². The Kier molecular flexibility index (Phi) is 8.98. The van der Waals surface area contributed by atoms with Crippen LogP contribution in [-0.2, 0) is 19.9 Å². The Hall–Kier alpha value is -3.47. The van der Waals surface area contributed by atoms with Crippen LogP contribution in [-0.4, -0.2) is 19.6 Å². The highest BCUT2D eigenvalue weighted by atomic mass is 32.3. The van der Waals surface area contributed by atoms with Crippen molar-refractivity contribution in [2.75, 3.05) is 0 Å². The van der Waals surface area contributed by atoms with Crippen molar-refractivity contribution in [1.29, 1.82) is 0 Å². The molecule has 230 valence electrons. The first kappa shape index (κ1) is 32.4. The van der Waals surface area contributed by atoms with Crippen LogP contribution >= 0.6 is 10.3 Å². The van der Waals surface area contributed by atoms with E-state index in [1.807, 2.05) is 41.5 Å². The maximum atomic E-state index is 14.2. The van der Waals surface area contributed by atoms with E-state index in [9.17, 15) is 21.6 Å². The van der Waals surface area contributed by atoms with Crippen LogP contribution < -0.4 is 9.47 Å². The predicted molar refractivity (Wildman–Crippen MR) is 162 cm³/mol. The molecule has 0 heterocycles. The Balaban J connectivity index is 2.11. The molecule has 0 radical (unpaired) electrons. The van der Waals surface area contributed by atoms with E-state index >= 15 is 0 Å². The monoisotopic (exact) mass is 632 g/mol. The molecule has 0 amide bonds. The molecule has 0 N–H and O–H groups in total. The van der Waals surface area contributed by atoms with Crippen LogP contribution in [0.25, 0.3) is 0 Å². The van der Waals surface area contributed by atoms with Gasteiger partial charge in [0.25, 0.3) is 0 Å². The Morgan fingerprint density at radius 3 is 1.33 bits per heavy atom. The summed E-state index contributed by atoms with van der Waals surface area (Å²) in [5, 5.41) is 0. The Morgan fingerprint density at radius 1 is 0.535 bits per heavy atom. The molecule has 4 aromatic carbocycles. The van der Waals surface area contributed by atoms with Crippen LogP contribution in [0.1, 0.15) is 47.1 Å². The molecule has 0 spiro atoms. The first-order valence-electron chi connectivity index (χ1n) is 13.5. The molecule has 0 bridgehead atoms. The van der Waals surface area contributed by atoms with Crippen LogP contribution in [0.5, 0.6) is 11.5 Å². The Bertz CT molecular complexity index is 1570. The molecule has 5 nitrogen and oxygen atoms in total. The number of ether oxygens (including phenoxy) is 2. The second-order valence-electron chi connectivity index (χ2n) is 11.7. The van der Waals surface area contributed by atoms with E-state index in [-0.39, 0.29) is 0 Å². The minimum atomic E-state index is -4.69. The predicted octanol–water partition coefficient (Wildman–Crippen LogP) is 9.66. The molecule has 0 unspecified atom stereocenters. The van der Waals surface area contributed by atoms with Crippen molar-refractivity contribution in [1.82, 2.24) is 0 Å². The molecule has 0 saturated carbocycles. The van der Waals surface area contributed by atoms with E-state index in [0.29, 0.717) is 26.2 Å². The van der Waals surface area contributed by atoms with Crippen LogP contribution in [0.4, 0.5) is 13.2 Å². The van der Waals surface area contributed by atoms with Gasteiger partial charge >= 0.3 is 16.3 Å². The zero-order chi connectivity index (χ0) is 31.7. The van der Waals surface area contributed by atoms with Gasteiger partial charge in [-0.2, -0.15) is 21.6 Å². The molecule has 0 atom stereocenters. The lowest BCUT2D eigenvalue weighted by atomic mass is 10.2. The maximum absolute atomic E-state index is 14.2. The van der Waals surface area contributed by atoms with E-state index in [1.165, 1.54) is 0 Å². The first-order valence-corrected chi connectivity index (χ1v) is 16.5. The van der Waals surface area contributed by atoms with Gasteiger partial charge in [0, 0.05) is 9.79 Å². The fraction of sp³-hybridized carbons (Fsp3) is 0.273. The fourth-order valence-corrected chi connectivity index (χ4v) is 9.66. The van der Waals surface area contributed by atoms with Gasteiger partial charge in [0.2, 0.25) is 0 Å². The number of hydrogen-bond donors (Lipinski definition) is 0. The average Bonchev–Trinajstić information content (AvgIpc) is 2.91. The summed E-state index contributed by atoms with van der Waals surface area (Å²) in [4.78, 5) is 0.977. The molecule has 0 aromatic heterocycles. The lowest BCUT2D eigenvalue weighted by Gasteiger charge is -2.42. The van der Waals surface area contributed by atoms with Gasteiger partial charge < -0.3 is 9.47 Å². The van der Waals surface area contributed by atoms with E-state index < -0.39 is 48.3 Å². The van der Waals surface area contributed by atoms with Crippen LogP contribution in [0.2, 0.25) is 0 Å². The summed E-state index contributed by atoms with van der Waals surface area (Å²) in [6.45, 7) is 11.2. The fourth-order valence-electron chi connectivity index (χ4n) is 4.29. The smallest absolute Gasteiger partial charge is 0.416 e. The number of rotatable bonds is 8. The summed E-state index contributed by atoms with van der Waals surface area (Å²) in [5.74, 6) is 0.694. The molecular weight excluding hydrogens is 597 g/mol. The van der Waals surface area contributed by atoms with Crippen molar-refractivity contribution in [3.05, 3.63) is 109 Å². The number of hydrogen-bond acceptors (Lipinski definition) is 5. The molecule has 0 fully saturated rings. The van der Waals surface area contributed by atoms with E-state index in [4.69, 9.17) is 13.1 Å². The van der Waals surface area contributed by atoms with Crippen molar-refractivity contribution < 1.29 is 34.7 Å². The lowest BCUT2D eigenvalue weighted by Crippen LogP contribution is -2.27. The van der Waals surface area contributed by atoms with Gasteiger partial charge in [-0.3, -0.25) is 0 Å². The molecule has 43 heavy (non-hydrogen) atoms. The van der Waals surface area contributed by atoms with Crippen molar-refractivity contribution in [3.63, 3.8) is 0 Å². The molecule has 4 rings (SSSR count). The molecule has 0 saturated heterocycles. The minimum absolute atomic E-state index is 0.347. The minimum Gasteiger partial charge on any atom is -0.487 e. The number of alkyl halides is 3. The van der Waals surface area contributed by atoms with Gasteiger partial charge in [-0.25, -0.2) is 3.63 Å². The summed E-state index contributed by atoms with van der Waals surface area (Å²) >= 11 is 0. The highest BCUT2D eigenvalue weighted by Crippen LogP contribution is 2.74. The molecular formula is C33H35F3O5S2. The summed E-state index contributed by atoms with van der Waals surface area (Å²) < 4.78 is 87.6. The van der Waals surface area contributed by atoms with Gasteiger partial charge in [0.1, 0.15) is 27.6 Å². The van der Waals surface area contributed by atoms with Crippen molar-refractivity contribution in [3.8, 4) is 11.5 Å². The standard InChI is InChI=1S/C33H35F3O5S2/c1-31(2,3)39-28-18-13-19-29(40-32(4,5)6)30(28)42(25-14-9-7-10-15-25,26-16-11-8-12-17-26)41-43(37,38)27-22-20-24(21-23-27)33(34,35)36/h7-23H,1-6H3. The summed E-state index contributed by atoms with van der Waals surface area (Å²) in [6, 6.07) is 26.2. The molecule has 0 aliphatic heterocycles. The van der Waals surface area contributed by atoms with Crippen LogP contribution in [0.3, 0.4) is 0 Å². The molecule has 0 aliphatic rings. The summed E-state index contributed by atoms with van der Waals surface area (Å²) in [5.41, 5.74) is -2.36. The van der Waals surface area contributed by atoms with Gasteiger partial charge in [0.15, 0.2) is 0 Å². The van der Waals surface area contributed by atoms with Gasteiger partial charge in [-0.05, 0) is 113 Å². The first-order chi connectivity index (χ1) is 19.9. The van der Waals surface area contributed by atoms with Gasteiger partial charge in [-0.1, -0.05) is 42.5 Å². The van der Waals surface area contributed by atoms with Gasteiger partial charge in [-0.15, -0.1) is 0 Å². The molecule has 10 heteroatoms. The number of benzene rings is 4. The van der Waals surface area contributed by atoms with E-state index in [0.717, 1.165) is 24.3 Å². The van der Waals surface area contributed by atoms with Crippen LogP contribution in [0, 0.1) is 0 Å². The zero-order valence-electron chi connectivity index (χ0n) is 24.8. The largest absolute Gasteiger partial charge is 0.487 e.